The number of rotatable bonds is 3. The standard InChI is InChI=1S/C22H16ClN3O2S2/c23-19-16-10-3-4-11-17(16)30-20(19)21(28)24-22(29)26-25-18(27)12-14-8-5-7-13-6-1-2-9-15(13)14/h1-11H,12H2,(H,25,27)(H2,24,26,28,29). The molecule has 3 N–H and O–H groups in total. The van der Waals surface area contributed by atoms with Gasteiger partial charge in [-0.2, -0.15) is 0 Å². The molecule has 0 aliphatic carbocycles. The topological polar surface area (TPSA) is 70.2 Å². The van der Waals surface area contributed by atoms with Gasteiger partial charge in [0.2, 0.25) is 5.91 Å². The number of thiocarbonyl (C=S) groups is 1. The SMILES string of the molecule is O=C(Cc1cccc2ccccc12)NNC(=S)NC(=O)c1sc2ccccc2c1Cl. The van der Waals surface area contributed by atoms with Crippen LogP contribution < -0.4 is 16.2 Å². The van der Waals surface area contributed by atoms with Gasteiger partial charge in [0.1, 0.15) is 4.88 Å². The minimum atomic E-state index is -0.429. The maximum Gasteiger partial charge on any atom is 0.269 e. The highest BCUT2D eigenvalue weighted by molar-refractivity contribution is 7.80. The number of nitrogens with one attached hydrogen (secondary N) is 3. The van der Waals surface area contributed by atoms with Gasteiger partial charge in [-0.15, -0.1) is 11.3 Å². The first-order valence-corrected chi connectivity index (χ1v) is 10.7. The molecule has 0 bridgehead atoms. The fraction of sp³-hybridized carbons (Fsp3) is 0.0455. The molecule has 2 amide bonds. The summed E-state index contributed by atoms with van der Waals surface area (Å²) in [7, 11) is 0. The number of halogens is 1. The maximum atomic E-state index is 12.5. The van der Waals surface area contributed by atoms with Gasteiger partial charge in [0.15, 0.2) is 5.11 Å². The Bertz CT molecular complexity index is 1280. The maximum absolute atomic E-state index is 12.5. The molecule has 0 fully saturated rings. The lowest BCUT2D eigenvalue weighted by molar-refractivity contribution is -0.121. The molecule has 0 aliphatic rings. The third-order valence-electron chi connectivity index (χ3n) is 4.51. The molecular weight excluding hydrogens is 438 g/mol. The average molecular weight is 454 g/mol. The number of carbonyl (C=O) groups excluding carboxylic acids is 2. The van der Waals surface area contributed by atoms with Crippen molar-refractivity contribution >= 4 is 72.9 Å². The van der Waals surface area contributed by atoms with Crippen LogP contribution in [0.25, 0.3) is 20.9 Å². The van der Waals surface area contributed by atoms with Gasteiger partial charge in [0, 0.05) is 10.1 Å². The second-order valence-corrected chi connectivity index (χ2v) is 8.35. The molecule has 0 saturated heterocycles. The number of thiophene rings is 1. The van der Waals surface area contributed by atoms with E-state index in [0.29, 0.717) is 9.90 Å². The van der Waals surface area contributed by atoms with Crippen molar-refractivity contribution in [1.29, 1.82) is 0 Å². The second kappa shape index (κ2) is 8.79. The quantitative estimate of drug-likeness (QED) is 0.313. The summed E-state index contributed by atoms with van der Waals surface area (Å²) in [6.45, 7) is 0. The summed E-state index contributed by atoms with van der Waals surface area (Å²) in [5.74, 6) is -0.704. The first-order valence-electron chi connectivity index (χ1n) is 9.07. The molecule has 0 spiro atoms. The Labute approximate surface area is 187 Å². The molecule has 3 aromatic carbocycles. The zero-order valence-electron chi connectivity index (χ0n) is 15.6. The number of benzene rings is 3. The molecule has 4 rings (SSSR count). The van der Waals surface area contributed by atoms with Crippen LogP contribution in [0.3, 0.4) is 0 Å². The summed E-state index contributed by atoms with van der Waals surface area (Å²) >= 11 is 12.7. The van der Waals surface area contributed by atoms with Gasteiger partial charge in [-0.25, -0.2) is 0 Å². The fourth-order valence-corrected chi connectivity index (χ4v) is 4.70. The van der Waals surface area contributed by atoms with Gasteiger partial charge in [-0.1, -0.05) is 72.3 Å². The molecule has 1 heterocycles. The van der Waals surface area contributed by atoms with E-state index >= 15 is 0 Å². The Hall–Kier alpha value is -3.00. The third kappa shape index (κ3) is 4.28. The molecule has 0 saturated carbocycles. The third-order valence-corrected chi connectivity index (χ3v) is 6.39. The summed E-state index contributed by atoms with van der Waals surface area (Å²) in [5.41, 5.74) is 5.99. The highest BCUT2D eigenvalue weighted by atomic mass is 35.5. The number of fused-ring (bicyclic) bond motifs is 2. The number of hydrogen-bond acceptors (Lipinski definition) is 4. The lowest BCUT2D eigenvalue weighted by Gasteiger charge is -2.11. The predicted molar refractivity (Wildman–Crippen MR) is 126 cm³/mol. The smallest absolute Gasteiger partial charge is 0.269 e. The molecule has 0 radical (unpaired) electrons. The summed E-state index contributed by atoms with van der Waals surface area (Å²) < 4.78 is 0.912. The molecule has 30 heavy (non-hydrogen) atoms. The Kier molecular flexibility index (Phi) is 5.94. The Morgan fingerprint density at radius 2 is 1.60 bits per heavy atom. The average Bonchev–Trinajstić information content (AvgIpc) is 3.09. The van der Waals surface area contributed by atoms with Crippen LogP contribution in [-0.4, -0.2) is 16.9 Å². The Morgan fingerprint density at radius 1 is 0.900 bits per heavy atom. The number of carbonyl (C=O) groups is 2. The normalized spacial score (nSPS) is 10.7. The van der Waals surface area contributed by atoms with Gasteiger partial charge in [0.05, 0.1) is 11.4 Å². The highest BCUT2D eigenvalue weighted by Gasteiger charge is 2.18. The van der Waals surface area contributed by atoms with Crippen LogP contribution in [0.2, 0.25) is 5.02 Å². The summed E-state index contributed by atoms with van der Waals surface area (Å²) in [6, 6.07) is 21.2. The van der Waals surface area contributed by atoms with Crippen molar-refractivity contribution in [3.05, 3.63) is 82.2 Å². The van der Waals surface area contributed by atoms with Gasteiger partial charge in [0.25, 0.3) is 5.91 Å². The van der Waals surface area contributed by atoms with Crippen molar-refractivity contribution < 1.29 is 9.59 Å². The van der Waals surface area contributed by atoms with Gasteiger partial charge in [-0.05, 0) is 34.6 Å². The summed E-state index contributed by atoms with van der Waals surface area (Å²) in [5, 5.41) is 5.81. The molecule has 0 unspecified atom stereocenters. The van der Waals surface area contributed by atoms with E-state index < -0.39 is 5.91 Å². The molecule has 150 valence electrons. The summed E-state index contributed by atoms with van der Waals surface area (Å²) in [6.07, 6.45) is 0.174. The van der Waals surface area contributed by atoms with E-state index in [9.17, 15) is 9.59 Å². The van der Waals surface area contributed by atoms with Crippen molar-refractivity contribution in [3.63, 3.8) is 0 Å². The predicted octanol–water partition coefficient (Wildman–Crippen LogP) is 4.59. The fourth-order valence-electron chi connectivity index (χ4n) is 3.14. The zero-order valence-corrected chi connectivity index (χ0v) is 18.0. The van der Waals surface area contributed by atoms with Crippen molar-refractivity contribution in [3.8, 4) is 0 Å². The first kappa shape index (κ1) is 20.3. The van der Waals surface area contributed by atoms with Crippen LogP contribution in [0.15, 0.2) is 66.7 Å². The molecule has 0 aliphatic heterocycles. The van der Waals surface area contributed by atoms with E-state index in [1.54, 1.807) is 0 Å². The zero-order chi connectivity index (χ0) is 21.1. The van der Waals surface area contributed by atoms with Crippen molar-refractivity contribution in [1.82, 2.24) is 16.2 Å². The lowest BCUT2D eigenvalue weighted by Crippen LogP contribution is -2.48. The summed E-state index contributed by atoms with van der Waals surface area (Å²) in [4.78, 5) is 25.2. The molecule has 8 heteroatoms. The lowest BCUT2D eigenvalue weighted by atomic mass is 10.0. The number of amides is 2. The monoisotopic (exact) mass is 453 g/mol. The van der Waals surface area contributed by atoms with E-state index in [1.807, 2.05) is 66.7 Å². The minimum absolute atomic E-state index is 0.0141. The van der Waals surface area contributed by atoms with E-state index in [1.165, 1.54) is 11.3 Å². The second-order valence-electron chi connectivity index (χ2n) is 6.51. The van der Waals surface area contributed by atoms with Crippen molar-refractivity contribution in [2.75, 3.05) is 0 Å². The number of hydrogen-bond donors (Lipinski definition) is 3. The van der Waals surface area contributed by atoms with Crippen LogP contribution in [0.4, 0.5) is 0 Å². The minimum Gasteiger partial charge on any atom is -0.297 e. The van der Waals surface area contributed by atoms with E-state index in [-0.39, 0.29) is 17.4 Å². The molecule has 4 aromatic rings. The van der Waals surface area contributed by atoms with Crippen LogP contribution in [0, 0.1) is 0 Å². The highest BCUT2D eigenvalue weighted by Crippen LogP contribution is 2.34. The largest absolute Gasteiger partial charge is 0.297 e. The first-order chi connectivity index (χ1) is 14.5. The van der Waals surface area contributed by atoms with Gasteiger partial charge < -0.3 is 0 Å². The Morgan fingerprint density at radius 3 is 2.40 bits per heavy atom. The van der Waals surface area contributed by atoms with E-state index in [4.69, 9.17) is 23.8 Å². The molecule has 0 atom stereocenters. The van der Waals surface area contributed by atoms with Crippen molar-refractivity contribution in [2.45, 2.75) is 6.42 Å². The number of hydrazine groups is 1. The molecular formula is C22H16ClN3O2S2. The van der Waals surface area contributed by atoms with Crippen LogP contribution >= 0.6 is 35.2 Å². The van der Waals surface area contributed by atoms with E-state index in [2.05, 4.69) is 16.2 Å². The van der Waals surface area contributed by atoms with Crippen LogP contribution in [0.1, 0.15) is 15.2 Å². The van der Waals surface area contributed by atoms with Crippen LogP contribution in [0.5, 0.6) is 0 Å². The van der Waals surface area contributed by atoms with Crippen molar-refractivity contribution in [2.24, 2.45) is 0 Å². The van der Waals surface area contributed by atoms with Gasteiger partial charge in [-0.3, -0.25) is 25.8 Å². The molecule has 5 nitrogen and oxygen atoms in total. The molecule has 1 aromatic heterocycles. The van der Waals surface area contributed by atoms with E-state index in [0.717, 1.165) is 26.4 Å². The van der Waals surface area contributed by atoms with Crippen LogP contribution in [-0.2, 0) is 11.2 Å². The Balaban J connectivity index is 1.35. The van der Waals surface area contributed by atoms with Gasteiger partial charge >= 0.3 is 0 Å².